The molecule has 0 saturated carbocycles. The second-order valence-electron chi connectivity index (χ2n) is 6.04. The number of methoxy groups -OCH3 is 2. The number of anilines is 1. The number of hydrogen-bond acceptors (Lipinski definition) is 5. The fourth-order valence-corrected chi connectivity index (χ4v) is 3.63. The van der Waals surface area contributed by atoms with Crippen LogP contribution in [0.15, 0.2) is 42.5 Å². The van der Waals surface area contributed by atoms with Crippen LogP contribution in [-0.2, 0) is 21.2 Å². The van der Waals surface area contributed by atoms with Gasteiger partial charge in [-0.2, -0.15) is 0 Å². The standard InChI is InChI=1S/C19H23ClN2O5S/c1-26-17-8-7-14(11-18(17)27-2)9-10-21-19(23)13-22(28(3,24)25)16-6-4-5-15(20)12-16/h4-8,11-12H,9-10,13H2,1-3H3,(H,21,23). The maximum absolute atomic E-state index is 12.3. The topological polar surface area (TPSA) is 84.9 Å². The van der Waals surface area contributed by atoms with E-state index in [9.17, 15) is 13.2 Å². The summed E-state index contributed by atoms with van der Waals surface area (Å²) < 4.78 is 35.6. The average molecular weight is 427 g/mol. The Bertz CT molecular complexity index is 934. The van der Waals surface area contributed by atoms with Gasteiger partial charge in [-0.3, -0.25) is 9.10 Å². The first-order valence-electron chi connectivity index (χ1n) is 8.45. The van der Waals surface area contributed by atoms with Gasteiger partial charge in [0.2, 0.25) is 15.9 Å². The van der Waals surface area contributed by atoms with Crippen molar-refractivity contribution in [2.24, 2.45) is 0 Å². The van der Waals surface area contributed by atoms with Crippen molar-refractivity contribution in [3.63, 3.8) is 0 Å². The molecule has 0 aromatic heterocycles. The minimum absolute atomic E-state index is 0.328. The summed E-state index contributed by atoms with van der Waals surface area (Å²) in [5.41, 5.74) is 1.29. The predicted octanol–water partition coefficient (Wildman–Crippen LogP) is 2.48. The van der Waals surface area contributed by atoms with Crippen molar-refractivity contribution in [1.82, 2.24) is 5.32 Å². The van der Waals surface area contributed by atoms with E-state index in [1.54, 1.807) is 38.5 Å². The monoisotopic (exact) mass is 426 g/mol. The van der Waals surface area contributed by atoms with Gasteiger partial charge in [-0.15, -0.1) is 0 Å². The maximum atomic E-state index is 12.3. The molecule has 0 bridgehead atoms. The van der Waals surface area contributed by atoms with Crippen LogP contribution >= 0.6 is 11.6 Å². The highest BCUT2D eigenvalue weighted by Gasteiger charge is 2.20. The highest BCUT2D eigenvalue weighted by atomic mass is 35.5. The molecule has 2 aromatic rings. The average Bonchev–Trinajstić information content (AvgIpc) is 2.65. The Morgan fingerprint density at radius 3 is 2.43 bits per heavy atom. The van der Waals surface area contributed by atoms with Gasteiger partial charge in [0.05, 0.1) is 26.2 Å². The molecule has 0 aliphatic heterocycles. The van der Waals surface area contributed by atoms with Gasteiger partial charge in [0.1, 0.15) is 6.54 Å². The van der Waals surface area contributed by atoms with Crippen LogP contribution in [0, 0.1) is 0 Å². The van der Waals surface area contributed by atoms with E-state index >= 15 is 0 Å². The first kappa shape index (κ1) is 21.8. The Morgan fingerprint density at radius 1 is 1.11 bits per heavy atom. The summed E-state index contributed by atoms with van der Waals surface area (Å²) in [4.78, 5) is 12.3. The van der Waals surface area contributed by atoms with Crippen LogP contribution in [0.25, 0.3) is 0 Å². The number of carbonyl (C=O) groups is 1. The lowest BCUT2D eigenvalue weighted by Crippen LogP contribution is -2.40. The number of halogens is 1. The molecule has 7 nitrogen and oxygen atoms in total. The Balaban J connectivity index is 1.98. The van der Waals surface area contributed by atoms with Gasteiger partial charge in [0.25, 0.3) is 0 Å². The molecule has 2 aromatic carbocycles. The zero-order chi connectivity index (χ0) is 20.7. The summed E-state index contributed by atoms with van der Waals surface area (Å²) in [6, 6.07) is 11.9. The molecule has 28 heavy (non-hydrogen) atoms. The molecule has 0 radical (unpaired) electrons. The van der Waals surface area contributed by atoms with Gasteiger partial charge in [-0.25, -0.2) is 8.42 Å². The van der Waals surface area contributed by atoms with Gasteiger partial charge in [-0.1, -0.05) is 23.7 Å². The lowest BCUT2D eigenvalue weighted by Gasteiger charge is -2.22. The quantitative estimate of drug-likeness (QED) is 0.665. The highest BCUT2D eigenvalue weighted by molar-refractivity contribution is 7.92. The number of ether oxygens (including phenoxy) is 2. The van der Waals surface area contributed by atoms with Gasteiger partial charge in [-0.05, 0) is 42.3 Å². The number of sulfonamides is 1. The van der Waals surface area contributed by atoms with Crippen LogP contribution in [-0.4, -0.2) is 47.9 Å². The van der Waals surface area contributed by atoms with E-state index in [1.807, 2.05) is 12.1 Å². The number of amides is 1. The molecule has 0 fully saturated rings. The fourth-order valence-electron chi connectivity index (χ4n) is 2.60. The van der Waals surface area contributed by atoms with Crippen molar-refractivity contribution >= 4 is 33.2 Å². The molecular weight excluding hydrogens is 404 g/mol. The van der Waals surface area contributed by atoms with E-state index in [2.05, 4.69) is 5.32 Å². The van der Waals surface area contributed by atoms with Gasteiger partial charge >= 0.3 is 0 Å². The van der Waals surface area contributed by atoms with E-state index in [-0.39, 0.29) is 6.54 Å². The number of nitrogens with one attached hydrogen (secondary N) is 1. The lowest BCUT2D eigenvalue weighted by molar-refractivity contribution is -0.119. The number of carbonyl (C=O) groups excluding carboxylic acids is 1. The van der Waals surface area contributed by atoms with Gasteiger partial charge < -0.3 is 14.8 Å². The van der Waals surface area contributed by atoms with Crippen molar-refractivity contribution < 1.29 is 22.7 Å². The third-order valence-corrected chi connectivity index (χ3v) is 5.34. The first-order chi connectivity index (χ1) is 13.2. The Labute approximate surface area is 170 Å². The molecular formula is C19H23ClN2O5S. The van der Waals surface area contributed by atoms with Crippen molar-refractivity contribution in [3.8, 4) is 11.5 Å². The second kappa shape index (κ2) is 9.66. The number of benzene rings is 2. The summed E-state index contributed by atoms with van der Waals surface area (Å²) in [5, 5.41) is 3.12. The minimum atomic E-state index is -3.64. The Kier molecular flexibility index (Phi) is 7.53. The summed E-state index contributed by atoms with van der Waals surface area (Å²) in [6.07, 6.45) is 1.60. The molecule has 9 heteroatoms. The van der Waals surface area contributed by atoms with Crippen LogP contribution in [0.5, 0.6) is 11.5 Å². The maximum Gasteiger partial charge on any atom is 0.240 e. The molecule has 0 atom stereocenters. The van der Waals surface area contributed by atoms with Crippen LogP contribution < -0.4 is 19.1 Å². The second-order valence-corrected chi connectivity index (χ2v) is 8.38. The normalized spacial score (nSPS) is 11.0. The van der Waals surface area contributed by atoms with Crippen molar-refractivity contribution in [3.05, 3.63) is 53.1 Å². The van der Waals surface area contributed by atoms with E-state index in [1.165, 1.54) is 6.07 Å². The van der Waals surface area contributed by atoms with E-state index in [0.717, 1.165) is 16.1 Å². The summed E-state index contributed by atoms with van der Waals surface area (Å²) in [7, 11) is -0.525. The predicted molar refractivity (Wildman–Crippen MR) is 110 cm³/mol. The largest absolute Gasteiger partial charge is 0.493 e. The minimum Gasteiger partial charge on any atom is -0.493 e. The van der Waals surface area contributed by atoms with Gasteiger partial charge in [0.15, 0.2) is 11.5 Å². The third kappa shape index (κ3) is 6.03. The zero-order valence-corrected chi connectivity index (χ0v) is 17.5. The van der Waals surface area contributed by atoms with Crippen LogP contribution in [0.1, 0.15) is 5.56 Å². The third-order valence-electron chi connectivity index (χ3n) is 3.97. The summed E-state index contributed by atoms with van der Waals surface area (Å²) >= 11 is 5.93. The first-order valence-corrected chi connectivity index (χ1v) is 10.7. The molecule has 1 amide bonds. The highest BCUT2D eigenvalue weighted by Crippen LogP contribution is 2.27. The van der Waals surface area contributed by atoms with E-state index in [0.29, 0.717) is 35.2 Å². The molecule has 0 unspecified atom stereocenters. The van der Waals surface area contributed by atoms with Crippen LogP contribution in [0.3, 0.4) is 0 Å². The van der Waals surface area contributed by atoms with Crippen LogP contribution in [0.4, 0.5) is 5.69 Å². The molecule has 0 spiro atoms. The SMILES string of the molecule is COc1ccc(CCNC(=O)CN(c2cccc(Cl)c2)S(C)(=O)=O)cc1OC. The fraction of sp³-hybridized carbons (Fsp3) is 0.316. The molecule has 2 rings (SSSR count). The summed E-state index contributed by atoms with van der Waals surface area (Å²) in [6.45, 7) is 0.0204. The smallest absolute Gasteiger partial charge is 0.240 e. The number of rotatable bonds is 9. The molecule has 0 saturated heterocycles. The molecule has 152 valence electrons. The van der Waals surface area contributed by atoms with E-state index < -0.39 is 15.9 Å². The molecule has 0 aliphatic rings. The van der Waals surface area contributed by atoms with Crippen LogP contribution in [0.2, 0.25) is 5.02 Å². The van der Waals surface area contributed by atoms with Crippen molar-refractivity contribution in [1.29, 1.82) is 0 Å². The number of hydrogen-bond donors (Lipinski definition) is 1. The lowest BCUT2D eigenvalue weighted by atomic mass is 10.1. The van der Waals surface area contributed by atoms with E-state index in [4.69, 9.17) is 21.1 Å². The Hall–Kier alpha value is -2.45. The molecule has 1 N–H and O–H groups in total. The Morgan fingerprint density at radius 2 is 1.82 bits per heavy atom. The van der Waals surface area contributed by atoms with Gasteiger partial charge in [0, 0.05) is 11.6 Å². The molecule has 0 aliphatic carbocycles. The summed E-state index contributed by atoms with van der Waals surface area (Å²) in [5.74, 6) is 0.821. The number of nitrogens with zero attached hydrogens (tertiary/aromatic N) is 1. The molecule has 0 heterocycles. The zero-order valence-electron chi connectivity index (χ0n) is 15.9. The van der Waals surface area contributed by atoms with Crippen molar-refractivity contribution in [2.45, 2.75) is 6.42 Å². The van der Waals surface area contributed by atoms with Crippen molar-refractivity contribution in [2.75, 3.05) is 37.9 Å².